The molecule has 0 aliphatic carbocycles. The van der Waals surface area contributed by atoms with Crippen molar-refractivity contribution in [1.29, 1.82) is 0 Å². The van der Waals surface area contributed by atoms with Crippen LogP contribution in [-0.2, 0) is 9.47 Å². The lowest BCUT2D eigenvalue weighted by Gasteiger charge is -2.24. The second kappa shape index (κ2) is 5.72. The first kappa shape index (κ1) is 13.8. The molecule has 5 heteroatoms. The van der Waals surface area contributed by atoms with Crippen molar-refractivity contribution in [1.82, 2.24) is 9.38 Å². The summed E-state index contributed by atoms with van der Waals surface area (Å²) in [7, 11) is 0. The van der Waals surface area contributed by atoms with Crippen molar-refractivity contribution in [2.75, 3.05) is 19.8 Å². The van der Waals surface area contributed by atoms with Crippen molar-refractivity contribution >= 4 is 17.2 Å². The largest absolute Gasteiger partial charge is 0.376 e. The summed E-state index contributed by atoms with van der Waals surface area (Å²) in [6, 6.07) is 13.9. The van der Waals surface area contributed by atoms with Gasteiger partial charge >= 0.3 is 0 Å². The van der Waals surface area contributed by atoms with Gasteiger partial charge in [-0.05, 0) is 12.1 Å². The van der Waals surface area contributed by atoms with E-state index >= 15 is 0 Å². The molecule has 1 aliphatic rings. The number of aromatic nitrogens is 2. The molecule has 0 amide bonds. The SMILES string of the molecule is Clc1ccc2nc(-c3ccccc3)cn2c1[C@@H]1COCCO1. The van der Waals surface area contributed by atoms with Crippen molar-refractivity contribution in [3.05, 3.63) is 59.4 Å². The highest BCUT2D eigenvalue weighted by Crippen LogP contribution is 2.30. The number of rotatable bonds is 2. The Hall–Kier alpha value is -1.88. The zero-order valence-electron chi connectivity index (χ0n) is 11.9. The zero-order chi connectivity index (χ0) is 14.9. The number of ether oxygens (including phenoxy) is 2. The van der Waals surface area contributed by atoms with Gasteiger partial charge in [0.05, 0.1) is 36.2 Å². The van der Waals surface area contributed by atoms with E-state index in [0.29, 0.717) is 24.8 Å². The van der Waals surface area contributed by atoms with Crippen LogP contribution in [0.15, 0.2) is 48.7 Å². The van der Waals surface area contributed by atoms with Crippen molar-refractivity contribution in [2.45, 2.75) is 6.10 Å². The Balaban J connectivity index is 1.85. The molecule has 4 nitrogen and oxygen atoms in total. The van der Waals surface area contributed by atoms with Crippen molar-refractivity contribution in [3.8, 4) is 11.3 Å². The van der Waals surface area contributed by atoms with Crippen LogP contribution in [0.5, 0.6) is 0 Å². The number of fused-ring (bicyclic) bond motifs is 1. The predicted molar refractivity (Wildman–Crippen MR) is 85.2 cm³/mol. The fourth-order valence-corrected chi connectivity index (χ4v) is 3.03. The number of halogens is 1. The highest BCUT2D eigenvalue weighted by atomic mass is 35.5. The average Bonchev–Trinajstić information content (AvgIpc) is 3.00. The summed E-state index contributed by atoms with van der Waals surface area (Å²) in [5, 5.41) is 0.667. The molecule has 112 valence electrons. The number of hydrogen-bond acceptors (Lipinski definition) is 3. The first-order valence-corrected chi connectivity index (χ1v) is 7.63. The van der Waals surface area contributed by atoms with Gasteiger partial charge in [0, 0.05) is 11.8 Å². The maximum Gasteiger partial charge on any atom is 0.137 e. The van der Waals surface area contributed by atoms with Crippen LogP contribution in [0.1, 0.15) is 11.8 Å². The Morgan fingerprint density at radius 3 is 2.73 bits per heavy atom. The normalized spacial score (nSPS) is 18.7. The molecule has 1 saturated heterocycles. The van der Waals surface area contributed by atoms with E-state index in [0.717, 1.165) is 22.6 Å². The fourth-order valence-electron chi connectivity index (χ4n) is 2.76. The summed E-state index contributed by atoms with van der Waals surface area (Å²) < 4.78 is 13.3. The quantitative estimate of drug-likeness (QED) is 0.723. The van der Waals surface area contributed by atoms with Crippen LogP contribution in [-0.4, -0.2) is 29.2 Å². The predicted octanol–water partition coefficient (Wildman–Crippen LogP) is 3.74. The van der Waals surface area contributed by atoms with E-state index < -0.39 is 0 Å². The van der Waals surface area contributed by atoms with E-state index in [1.807, 2.05) is 53.1 Å². The lowest BCUT2D eigenvalue weighted by Crippen LogP contribution is -2.23. The minimum Gasteiger partial charge on any atom is -0.376 e. The summed E-state index contributed by atoms with van der Waals surface area (Å²) in [6.07, 6.45) is 1.84. The Morgan fingerprint density at radius 1 is 1.09 bits per heavy atom. The number of nitrogens with zero attached hydrogens (tertiary/aromatic N) is 2. The van der Waals surface area contributed by atoms with Gasteiger partial charge in [0.25, 0.3) is 0 Å². The topological polar surface area (TPSA) is 35.8 Å². The maximum atomic E-state index is 6.41. The Bertz CT molecular complexity index is 795. The monoisotopic (exact) mass is 314 g/mol. The molecule has 0 unspecified atom stereocenters. The van der Waals surface area contributed by atoms with Crippen LogP contribution in [0, 0.1) is 0 Å². The molecular weight excluding hydrogens is 300 g/mol. The molecule has 0 saturated carbocycles. The molecular formula is C17H15ClN2O2. The zero-order valence-corrected chi connectivity index (χ0v) is 12.7. The molecule has 4 rings (SSSR count). The molecule has 3 heterocycles. The fraction of sp³-hybridized carbons (Fsp3) is 0.235. The Morgan fingerprint density at radius 2 is 1.95 bits per heavy atom. The van der Waals surface area contributed by atoms with Crippen molar-refractivity contribution in [3.63, 3.8) is 0 Å². The molecule has 3 aromatic rings. The maximum absolute atomic E-state index is 6.41. The molecule has 1 aromatic carbocycles. The van der Waals surface area contributed by atoms with Gasteiger partial charge in [-0.15, -0.1) is 0 Å². The summed E-state index contributed by atoms with van der Waals surface area (Å²) in [6.45, 7) is 1.72. The van der Waals surface area contributed by atoms with Gasteiger partial charge < -0.3 is 9.47 Å². The van der Waals surface area contributed by atoms with E-state index in [2.05, 4.69) is 4.98 Å². The lowest BCUT2D eigenvalue weighted by atomic mass is 10.2. The minimum atomic E-state index is -0.164. The minimum absolute atomic E-state index is 0.164. The summed E-state index contributed by atoms with van der Waals surface area (Å²) >= 11 is 6.41. The molecule has 0 N–H and O–H groups in total. The summed E-state index contributed by atoms with van der Waals surface area (Å²) in [4.78, 5) is 4.69. The standard InChI is InChI=1S/C17H15ClN2O2/c18-13-6-7-16-19-14(12-4-2-1-3-5-12)10-20(16)17(13)15-11-21-8-9-22-15/h1-7,10,15H,8-9,11H2/t15-/m0/s1. The van der Waals surface area contributed by atoms with E-state index in [1.165, 1.54) is 0 Å². The van der Waals surface area contributed by atoms with Crippen LogP contribution in [0.25, 0.3) is 16.9 Å². The highest BCUT2D eigenvalue weighted by Gasteiger charge is 2.23. The van der Waals surface area contributed by atoms with E-state index in [-0.39, 0.29) is 6.10 Å². The summed E-state index contributed by atoms with van der Waals surface area (Å²) in [5.41, 5.74) is 3.75. The van der Waals surface area contributed by atoms with Crippen molar-refractivity contribution in [2.24, 2.45) is 0 Å². The molecule has 1 fully saturated rings. The molecule has 1 aliphatic heterocycles. The van der Waals surface area contributed by atoms with Crippen LogP contribution in [0.2, 0.25) is 5.02 Å². The first-order valence-electron chi connectivity index (χ1n) is 7.25. The van der Waals surface area contributed by atoms with Gasteiger partial charge in [-0.3, -0.25) is 4.40 Å². The molecule has 0 bridgehead atoms. The van der Waals surface area contributed by atoms with Gasteiger partial charge in [-0.2, -0.15) is 0 Å². The third-order valence-electron chi connectivity index (χ3n) is 3.81. The number of benzene rings is 1. The third kappa shape index (κ3) is 2.39. The molecule has 1 atom stereocenters. The van der Waals surface area contributed by atoms with Crippen LogP contribution in [0.3, 0.4) is 0 Å². The molecule has 0 spiro atoms. The van der Waals surface area contributed by atoms with Gasteiger partial charge in [-0.25, -0.2) is 4.98 Å². The number of hydrogen-bond donors (Lipinski definition) is 0. The Labute approximate surface area is 133 Å². The molecule has 22 heavy (non-hydrogen) atoms. The third-order valence-corrected chi connectivity index (χ3v) is 4.13. The van der Waals surface area contributed by atoms with E-state index in [4.69, 9.17) is 21.1 Å². The first-order chi connectivity index (χ1) is 10.8. The Kier molecular flexibility index (Phi) is 3.58. The van der Waals surface area contributed by atoms with Gasteiger partial charge in [-0.1, -0.05) is 41.9 Å². The van der Waals surface area contributed by atoms with Crippen LogP contribution < -0.4 is 0 Å². The number of imidazole rings is 1. The van der Waals surface area contributed by atoms with E-state index in [9.17, 15) is 0 Å². The smallest absolute Gasteiger partial charge is 0.137 e. The van der Waals surface area contributed by atoms with E-state index in [1.54, 1.807) is 0 Å². The van der Waals surface area contributed by atoms with Crippen LogP contribution >= 0.6 is 11.6 Å². The molecule has 0 radical (unpaired) electrons. The van der Waals surface area contributed by atoms with Crippen LogP contribution in [0.4, 0.5) is 0 Å². The average molecular weight is 315 g/mol. The van der Waals surface area contributed by atoms with Crippen molar-refractivity contribution < 1.29 is 9.47 Å². The summed E-state index contributed by atoms with van der Waals surface area (Å²) in [5.74, 6) is 0. The second-order valence-corrected chi connectivity index (χ2v) is 5.63. The lowest BCUT2D eigenvalue weighted by molar-refractivity contribution is -0.0921. The second-order valence-electron chi connectivity index (χ2n) is 5.22. The van der Waals surface area contributed by atoms with Gasteiger partial charge in [0.1, 0.15) is 11.8 Å². The molecule has 2 aromatic heterocycles. The highest BCUT2D eigenvalue weighted by molar-refractivity contribution is 6.31. The van der Waals surface area contributed by atoms with Gasteiger partial charge in [0.15, 0.2) is 0 Å². The van der Waals surface area contributed by atoms with Gasteiger partial charge in [0.2, 0.25) is 0 Å². The number of pyridine rings is 1.